The number of carbonyl (C=O) groups excluding carboxylic acids is 2. The van der Waals surface area contributed by atoms with Crippen LogP contribution in [0.3, 0.4) is 0 Å². The Morgan fingerprint density at radius 2 is 2.12 bits per heavy atom. The van der Waals surface area contributed by atoms with Crippen molar-refractivity contribution in [2.75, 3.05) is 46.9 Å². The Morgan fingerprint density at radius 1 is 1.35 bits per heavy atom. The minimum Gasteiger partial charge on any atom is -0.373 e. The van der Waals surface area contributed by atoms with Gasteiger partial charge in [0.25, 0.3) is 0 Å². The summed E-state index contributed by atoms with van der Waals surface area (Å²) in [5, 5.41) is 0. The summed E-state index contributed by atoms with van der Waals surface area (Å²) in [5.74, 6) is -0.0423. The third-order valence-corrected chi connectivity index (χ3v) is 5.28. The van der Waals surface area contributed by atoms with Crippen LogP contribution < -0.4 is 0 Å². The lowest BCUT2D eigenvalue weighted by Crippen LogP contribution is -2.53. The number of rotatable bonds is 4. The molecule has 0 N–H and O–H groups in total. The average molecular weight is 360 g/mol. The van der Waals surface area contributed by atoms with Gasteiger partial charge in [0.15, 0.2) is 0 Å². The van der Waals surface area contributed by atoms with Gasteiger partial charge in [0, 0.05) is 46.1 Å². The Kier molecular flexibility index (Phi) is 5.88. The van der Waals surface area contributed by atoms with Crippen LogP contribution in [0.25, 0.3) is 0 Å². The molecule has 1 aromatic heterocycles. The Morgan fingerprint density at radius 3 is 2.77 bits per heavy atom. The van der Waals surface area contributed by atoms with E-state index in [0.717, 1.165) is 32.5 Å². The lowest BCUT2D eigenvalue weighted by atomic mass is 9.90. The summed E-state index contributed by atoms with van der Waals surface area (Å²) in [6.07, 6.45) is 5.77. The van der Waals surface area contributed by atoms with Gasteiger partial charge in [0.05, 0.1) is 31.7 Å². The van der Waals surface area contributed by atoms with E-state index in [9.17, 15) is 9.59 Å². The van der Waals surface area contributed by atoms with E-state index in [0.29, 0.717) is 19.6 Å². The number of amides is 2. The van der Waals surface area contributed by atoms with Gasteiger partial charge in [-0.25, -0.2) is 0 Å². The highest BCUT2D eigenvalue weighted by Crippen LogP contribution is 2.30. The summed E-state index contributed by atoms with van der Waals surface area (Å²) >= 11 is 0. The number of likely N-dealkylation sites (N-methyl/N-ethyl adjacent to an activating group) is 1. The normalized spacial score (nSPS) is 20.8. The smallest absolute Gasteiger partial charge is 0.241 e. The van der Waals surface area contributed by atoms with E-state index in [2.05, 4.69) is 16.0 Å². The molecule has 3 heterocycles. The lowest BCUT2D eigenvalue weighted by Gasteiger charge is -2.42. The average Bonchev–Trinajstić information content (AvgIpc) is 2.77. The molecule has 2 fully saturated rings. The van der Waals surface area contributed by atoms with Gasteiger partial charge >= 0.3 is 0 Å². The van der Waals surface area contributed by atoms with Crippen LogP contribution in [0.1, 0.15) is 24.8 Å². The van der Waals surface area contributed by atoms with Gasteiger partial charge < -0.3 is 14.5 Å². The molecule has 2 aliphatic rings. The van der Waals surface area contributed by atoms with E-state index in [-0.39, 0.29) is 24.0 Å². The van der Waals surface area contributed by atoms with Crippen molar-refractivity contribution in [3.05, 3.63) is 30.1 Å². The van der Waals surface area contributed by atoms with Crippen LogP contribution in [0.2, 0.25) is 0 Å². The molecule has 2 amide bonds. The molecule has 0 saturated carbocycles. The Balaban J connectivity index is 1.60. The molecule has 2 saturated heterocycles. The minimum absolute atomic E-state index is 0.00913. The van der Waals surface area contributed by atoms with Crippen molar-refractivity contribution >= 4 is 11.8 Å². The van der Waals surface area contributed by atoms with Crippen LogP contribution in [0.15, 0.2) is 24.5 Å². The van der Waals surface area contributed by atoms with Crippen molar-refractivity contribution < 1.29 is 14.3 Å². The highest BCUT2D eigenvalue weighted by molar-refractivity contribution is 5.84. The predicted octanol–water partition coefficient (Wildman–Crippen LogP) is 0.753. The number of hydrogen-bond donors (Lipinski definition) is 0. The number of piperidine rings is 1. The first-order valence-corrected chi connectivity index (χ1v) is 9.21. The van der Waals surface area contributed by atoms with Gasteiger partial charge in [0.2, 0.25) is 11.8 Å². The van der Waals surface area contributed by atoms with Crippen LogP contribution in [0.4, 0.5) is 0 Å². The molecule has 7 nitrogen and oxygen atoms in total. The first-order chi connectivity index (χ1) is 12.5. The van der Waals surface area contributed by atoms with Gasteiger partial charge in [-0.3, -0.25) is 19.5 Å². The highest BCUT2D eigenvalue weighted by atomic mass is 16.5. The number of likely N-dealkylation sites (tertiary alicyclic amines) is 1. The van der Waals surface area contributed by atoms with E-state index >= 15 is 0 Å². The fraction of sp³-hybridized carbons (Fsp3) is 0.632. The van der Waals surface area contributed by atoms with E-state index < -0.39 is 0 Å². The van der Waals surface area contributed by atoms with E-state index in [4.69, 9.17) is 4.74 Å². The van der Waals surface area contributed by atoms with E-state index in [1.165, 1.54) is 10.5 Å². The minimum atomic E-state index is -0.329. The molecule has 7 heteroatoms. The molecular weight excluding hydrogens is 332 g/mol. The van der Waals surface area contributed by atoms with E-state index in [1.54, 1.807) is 25.2 Å². The molecule has 3 rings (SSSR count). The van der Waals surface area contributed by atoms with Crippen molar-refractivity contribution in [3.63, 3.8) is 0 Å². The first-order valence-electron chi connectivity index (χ1n) is 9.21. The molecule has 0 atom stereocenters. The molecule has 142 valence electrons. The van der Waals surface area contributed by atoms with Crippen LogP contribution >= 0.6 is 0 Å². The fourth-order valence-corrected chi connectivity index (χ4v) is 3.61. The molecule has 0 bridgehead atoms. The summed E-state index contributed by atoms with van der Waals surface area (Å²) in [6.45, 7) is 3.79. The van der Waals surface area contributed by atoms with Crippen LogP contribution in [0, 0.1) is 0 Å². The van der Waals surface area contributed by atoms with Crippen molar-refractivity contribution in [1.82, 2.24) is 19.7 Å². The number of ether oxygens (including phenoxy) is 1. The van der Waals surface area contributed by atoms with Crippen LogP contribution in [-0.2, 0) is 20.9 Å². The molecule has 0 aliphatic carbocycles. The summed E-state index contributed by atoms with van der Waals surface area (Å²) in [6, 6.07) is 4.05. The topological polar surface area (TPSA) is 66.0 Å². The zero-order valence-corrected chi connectivity index (χ0v) is 15.7. The second kappa shape index (κ2) is 8.14. The van der Waals surface area contributed by atoms with Crippen molar-refractivity contribution in [3.8, 4) is 0 Å². The Bertz CT molecular complexity index is 627. The van der Waals surface area contributed by atoms with Gasteiger partial charge in [-0.15, -0.1) is 0 Å². The van der Waals surface area contributed by atoms with Crippen molar-refractivity contribution in [2.24, 2.45) is 0 Å². The quantitative estimate of drug-likeness (QED) is 0.793. The van der Waals surface area contributed by atoms with Gasteiger partial charge in [-0.2, -0.15) is 0 Å². The van der Waals surface area contributed by atoms with E-state index in [1.807, 2.05) is 12.3 Å². The largest absolute Gasteiger partial charge is 0.373 e. The highest BCUT2D eigenvalue weighted by Gasteiger charge is 2.40. The second-order valence-electron chi connectivity index (χ2n) is 7.46. The Hall–Kier alpha value is -1.99. The van der Waals surface area contributed by atoms with Crippen LogP contribution in [-0.4, -0.2) is 84.0 Å². The molecule has 1 aromatic rings. The summed E-state index contributed by atoms with van der Waals surface area (Å²) in [4.78, 5) is 34.2. The monoisotopic (exact) mass is 360 g/mol. The summed E-state index contributed by atoms with van der Waals surface area (Å²) in [5.41, 5.74) is 0.878. The summed E-state index contributed by atoms with van der Waals surface area (Å²) < 4.78 is 6.15. The number of pyridine rings is 1. The number of nitrogens with zero attached hydrogens (tertiary/aromatic N) is 4. The second-order valence-corrected chi connectivity index (χ2v) is 7.46. The lowest BCUT2D eigenvalue weighted by molar-refractivity contribution is -0.140. The van der Waals surface area contributed by atoms with Gasteiger partial charge in [-0.1, -0.05) is 6.07 Å². The zero-order chi connectivity index (χ0) is 18.6. The SMILES string of the molecule is CN(C)C(=O)CN1CC2(CCN(Cc3cccnc3)CC2)OCCC1=O. The van der Waals surface area contributed by atoms with Crippen molar-refractivity contribution in [1.29, 1.82) is 0 Å². The third kappa shape index (κ3) is 4.59. The number of hydrogen-bond acceptors (Lipinski definition) is 5. The molecule has 0 radical (unpaired) electrons. The maximum atomic E-state index is 12.4. The Labute approximate surface area is 154 Å². The molecule has 2 aliphatic heterocycles. The first kappa shape index (κ1) is 18.8. The molecule has 1 spiro atoms. The van der Waals surface area contributed by atoms with Gasteiger partial charge in [-0.05, 0) is 24.5 Å². The maximum absolute atomic E-state index is 12.4. The van der Waals surface area contributed by atoms with Crippen LogP contribution in [0.5, 0.6) is 0 Å². The predicted molar refractivity (Wildman–Crippen MR) is 97.3 cm³/mol. The molecule has 26 heavy (non-hydrogen) atoms. The number of carbonyl (C=O) groups is 2. The summed E-state index contributed by atoms with van der Waals surface area (Å²) in [7, 11) is 3.43. The number of aromatic nitrogens is 1. The zero-order valence-electron chi connectivity index (χ0n) is 15.7. The molecular formula is C19H28N4O3. The standard InChI is InChI=1S/C19H28N4O3/c1-21(2)18(25)14-23-15-19(26-11-5-17(23)24)6-9-22(10-7-19)13-16-4-3-8-20-12-16/h3-4,8,12H,5-7,9-11,13-15H2,1-2H3. The van der Waals surface area contributed by atoms with Crippen molar-refractivity contribution in [2.45, 2.75) is 31.4 Å². The molecule has 0 unspecified atom stereocenters. The molecule has 0 aromatic carbocycles. The maximum Gasteiger partial charge on any atom is 0.241 e. The third-order valence-electron chi connectivity index (χ3n) is 5.28. The van der Waals surface area contributed by atoms with Gasteiger partial charge in [0.1, 0.15) is 0 Å². The fourth-order valence-electron chi connectivity index (χ4n) is 3.61.